The molecule has 0 saturated heterocycles. The van der Waals surface area contributed by atoms with Crippen LogP contribution in [0, 0.1) is 0 Å². The van der Waals surface area contributed by atoms with Gasteiger partial charge in [0.1, 0.15) is 0 Å². The minimum Gasteiger partial charge on any atom is -0.377 e. The van der Waals surface area contributed by atoms with Gasteiger partial charge in [-0.1, -0.05) is 25.5 Å². The minimum atomic E-state index is 0.774. The number of hydrogen-bond donors (Lipinski definition) is 0. The van der Waals surface area contributed by atoms with Gasteiger partial charge in [0.2, 0.25) is 0 Å². The molecule has 0 amide bonds. The highest BCUT2D eigenvalue weighted by Gasteiger charge is 1.80. The van der Waals surface area contributed by atoms with Gasteiger partial charge >= 0.3 is 0 Å². The molecule has 0 radical (unpaired) electrons. The van der Waals surface area contributed by atoms with Crippen LogP contribution in [-0.2, 0) is 4.74 Å². The summed E-state index contributed by atoms with van der Waals surface area (Å²) in [6.07, 6.45) is 6.43. The van der Waals surface area contributed by atoms with Gasteiger partial charge in [-0.2, -0.15) is 0 Å². The van der Waals surface area contributed by atoms with Crippen molar-refractivity contribution >= 4 is 0 Å². The molecular formula is C8H16O. The molecule has 0 saturated carbocycles. The quantitative estimate of drug-likeness (QED) is 0.408. The molecule has 0 heterocycles. The van der Waals surface area contributed by atoms with Crippen LogP contribution in [0.15, 0.2) is 12.2 Å². The van der Waals surface area contributed by atoms with E-state index in [4.69, 9.17) is 4.74 Å². The average molecular weight is 128 g/mol. The second kappa shape index (κ2) is 7.70. The molecule has 1 nitrogen and oxygen atoms in total. The monoisotopic (exact) mass is 128 g/mol. The Balaban J connectivity index is 2.75. The van der Waals surface area contributed by atoms with Gasteiger partial charge < -0.3 is 4.74 Å². The molecule has 0 fully saturated rings. The van der Waals surface area contributed by atoms with Gasteiger partial charge in [0.05, 0.1) is 6.61 Å². The van der Waals surface area contributed by atoms with Crippen molar-refractivity contribution in [3.8, 4) is 0 Å². The van der Waals surface area contributed by atoms with Crippen molar-refractivity contribution in [2.24, 2.45) is 0 Å². The first-order valence-corrected chi connectivity index (χ1v) is 3.60. The topological polar surface area (TPSA) is 9.23 Å². The van der Waals surface area contributed by atoms with Crippen molar-refractivity contribution in [1.29, 1.82) is 0 Å². The summed E-state index contributed by atoms with van der Waals surface area (Å²) in [6.45, 7) is 5.85. The summed E-state index contributed by atoms with van der Waals surface area (Å²) in [6, 6.07) is 0. The first-order chi connectivity index (χ1) is 4.41. The van der Waals surface area contributed by atoms with Crippen LogP contribution in [0.2, 0.25) is 0 Å². The summed E-state index contributed by atoms with van der Waals surface area (Å²) in [5.41, 5.74) is 0. The van der Waals surface area contributed by atoms with E-state index in [9.17, 15) is 0 Å². The third kappa shape index (κ3) is 7.70. The molecule has 0 bridgehead atoms. The number of ether oxygens (including phenoxy) is 1. The van der Waals surface area contributed by atoms with E-state index in [1.165, 1.54) is 12.8 Å². The van der Waals surface area contributed by atoms with E-state index in [1.807, 2.05) is 19.1 Å². The normalized spacial score (nSPS) is 10.9. The number of allylic oxidation sites excluding steroid dienone is 1. The molecule has 0 atom stereocenters. The molecule has 0 aromatic carbocycles. The SMILES string of the molecule is C/C=C/COCCCC. The van der Waals surface area contributed by atoms with Gasteiger partial charge in [0.15, 0.2) is 0 Å². The third-order valence-electron chi connectivity index (χ3n) is 1.09. The number of unbranched alkanes of at least 4 members (excludes halogenated alkanes) is 1. The fraction of sp³-hybridized carbons (Fsp3) is 0.750. The zero-order chi connectivity index (χ0) is 6.95. The molecule has 0 rings (SSSR count). The van der Waals surface area contributed by atoms with E-state index < -0.39 is 0 Å². The predicted octanol–water partition coefficient (Wildman–Crippen LogP) is 2.38. The van der Waals surface area contributed by atoms with E-state index in [0.29, 0.717) is 0 Å². The first kappa shape index (κ1) is 8.70. The Morgan fingerprint density at radius 2 is 2.22 bits per heavy atom. The zero-order valence-corrected chi connectivity index (χ0v) is 6.39. The molecule has 0 aliphatic rings. The second-order valence-electron chi connectivity index (χ2n) is 2.00. The summed E-state index contributed by atoms with van der Waals surface area (Å²) < 4.78 is 5.23. The third-order valence-corrected chi connectivity index (χ3v) is 1.09. The highest BCUT2D eigenvalue weighted by molar-refractivity contribution is 4.75. The van der Waals surface area contributed by atoms with Crippen molar-refractivity contribution < 1.29 is 4.74 Å². The van der Waals surface area contributed by atoms with Gasteiger partial charge in [-0.15, -0.1) is 0 Å². The van der Waals surface area contributed by atoms with E-state index in [-0.39, 0.29) is 0 Å². The van der Waals surface area contributed by atoms with Crippen LogP contribution in [0.3, 0.4) is 0 Å². The van der Waals surface area contributed by atoms with E-state index >= 15 is 0 Å². The predicted molar refractivity (Wildman–Crippen MR) is 40.5 cm³/mol. The maximum Gasteiger partial charge on any atom is 0.0647 e. The van der Waals surface area contributed by atoms with Crippen molar-refractivity contribution in [1.82, 2.24) is 0 Å². The Hall–Kier alpha value is -0.300. The smallest absolute Gasteiger partial charge is 0.0647 e. The molecule has 0 aromatic rings. The number of rotatable bonds is 5. The molecule has 0 aliphatic carbocycles. The molecule has 1 heteroatoms. The molecule has 0 aromatic heterocycles. The molecular weight excluding hydrogens is 112 g/mol. The average Bonchev–Trinajstić information content (AvgIpc) is 1.89. The van der Waals surface area contributed by atoms with Gasteiger partial charge in [-0.05, 0) is 13.3 Å². The largest absolute Gasteiger partial charge is 0.377 e. The Bertz CT molecular complexity index is 67.0. The zero-order valence-electron chi connectivity index (χ0n) is 6.39. The summed E-state index contributed by atoms with van der Waals surface area (Å²) in [4.78, 5) is 0. The molecule has 0 N–H and O–H groups in total. The first-order valence-electron chi connectivity index (χ1n) is 3.60. The maximum atomic E-state index is 5.23. The van der Waals surface area contributed by atoms with Gasteiger partial charge in [-0.3, -0.25) is 0 Å². The Morgan fingerprint density at radius 1 is 1.44 bits per heavy atom. The van der Waals surface area contributed by atoms with Gasteiger partial charge in [-0.25, -0.2) is 0 Å². The number of hydrogen-bond acceptors (Lipinski definition) is 1. The van der Waals surface area contributed by atoms with Crippen LogP contribution in [-0.4, -0.2) is 13.2 Å². The van der Waals surface area contributed by atoms with Crippen molar-refractivity contribution in [2.75, 3.05) is 13.2 Å². The van der Waals surface area contributed by atoms with E-state index in [2.05, 4.69) is 6.92 Å². The fourth-order valence-electron chi connectivity index (χ4n) is 0.494. The van der Waals surface area contributed by atoms with Crippen LogP contribution >= 0.6 is 0 Å². The van der Waals surface area contributed by atoms with E-state index in [1.54, 1.807) is 0 Å². The van der Waals surface area contributed by atoms with Crippen LogP contribution in [0.25, 0.3) is 0 Å². The van der Waals surface area contributed by atoms with Crippen molar-refractivity contribution in [3.05, 3.63) is 12.2 Å². The fourth-order valence-corrected chi connectivity index (χ4v) is 0.494. The molecule has 0 unspecified atom stereocenters. The van der Waals surface area contributed by atoms with E-state index in [0.717, 1.165) is 13.2 Å². The summed E-state index contributed by atoms with van der Waals surface area (Å²) in [7, 11) is 0. The maximum absolute atomic E-state index is 5.23. The lowest BCUT2D eigenvalue weighted by atomic mass is 10.4. The second-order valence-corrected chi connectivity index (χ2v) is 2.00. The Morgan fingerprint density at radius 3 is 2.78 bits per heavy atom. The van der Waals surface area contributed by atoms with Gasteiger partial charge in [0, 0.05) is 6.61 Å². The summed E-state index contributed by atoms with van der Waals surface area (Å²) in [5.74, 6) is 0. The van der Waals surface area contributed by atoms with Crippen LogP contribution < -0.4 is 0 Å². The Kier molecular flexibility index (Phi) is 7.44. The molecule has 0 spiro atoms. The molecule has 54 valence electrons. The lowest BCUT2D eigenvalue weighted by Crippen LogP contribution is -1.92. The highest BCUT2D eigenvalue weighted by atomic mass is 16.5. The van der Waals surface area contributed by atoms with Crippen molar-refractivity contribution in [2.45, 2.75) is 26.7 Å². The van der Waals surface area contributed by atoms with Crippen LogP contribution in [0.5, 0.6) is 0 Å². The van der Waals surface area contributed by atoms with Crippen LogP contribution in [0.4, 0.5) is 0 Å². The summed E-state index contributed by atoms with van der Waals surface area (Å²) in [5, 5.41) is 0. The van der Waals surface area contributed by atoms with Crippen molar-refractivity contribution in [3.63, 3.8) is 0 Å². The minimum absolute atomic E-state index is 0.774. The van der Waals surface area contributed by atoms with Crippen LogP contribution in [0.1, 0.15) is 26.7 Å². The lowest BCUT2D eigenvalue weighted by molar-refractivity contribution is 0.159. The van der Waals surface area contributed by atoms with Gasteiger partial charge in [0.25, 0.3) is 0 Å². The molecule has 9 heavy (non-hydrogen) atoms. The highest BCUT2D eigenvalue weighted by Crippen LogP contribution is 1.87. The lowest BCUT2D eigenvalue weighted by Gasteiger charge is -1.96. The standard InChI is InChI=1S/C8H16O/c1-3-5-7-9-8-6-4-2/h3,5H,4,6-8H2,1-2H3/b5-3+. The molecule has 0 aliphatic heterocycles. The Labute approximate surface area is 57.7 Å². The summed E-state index contributed by atoms with van der Waals surface area (Å²) >= 11 is 0.